The van der Waals surface area contributed by atoms with Crippen molar-refractivity contribution in [2.75, 3.05) is 6.26 Å². The summed E-state index contributed by atoms with van der Waals surface area (Å²) in [5, 5.41) is 1.10. The van der Waals surface area contributed by atoms with E-state index in [0.717, 1.165) is 11.3 Å². The number of nitrogens with two attached hydrogens (primary N) is 1. The molecule has 26 heavy (non-hydrogen) atoms. The summed E-state index contributed by atoms with van der Waals surface area (Å²) in [4.78, 5) is 21.6. The maximum Gasteiger partial charge on any atom is 0.278 e. The van der Waals surface area contributed by atoms with Crippen LogP contribution in [0.15, 0.2) is 53.1 Å². The van der Waals surface area contributed by atoms with Crippen LogP contribution in [0.4, 0.5) is 0 Å². The predicted molar refractivity (Wildman–Crippen MR) is 110 cm³/mol. The Kier molecular flexibility index (Phi) is 5.95. The molecule has 8 heteroatoms. The average Bonchev–Trinajstić information content (AvgIpc) is 2.86. The van der Waals surface area contributed by atoms with E-state index in [4.69, 9.17) is 5.73 Å². The number of thioether (sulfide) groups is 1. The van der Waals surface area contributed by atoms with E-state index in [0.29, 0.717) is 22.7 Å². The van der Waals surface area contributed by atoms with Crippen molar-refractivity contribution in [2.45, 2.75) is 31.1 Å². The fourth-order valence-corrected chi connectivity index (χ4v) is 3.03. The molecule has 3 aromatic rings. The molecule has 0 radical (unpaired) electrons. The number of benzene rings is 1. The first kappa shape index (κ1) is 20.2. The molecule has 2 N–H and O–H groups in total. The van der Waals surface area contributed by atoms with Crippen molar-refractivity contribution in [1.82, 2.24) is 19.3 Å². The number of hydrogen-bond acceptors (Lipinski definition) is 5. The number of allylic oxidation sites excluding steroid dienone is 1. The summed E-state index contributed by atoms with van der Waals surface area (Å²) < 4.78 is 3.43. The zero-order valence-electron chi connectivity index (χ0n) is 15.0. The summed E-state index contributed by atoms with van der Waals surface area (Å²) in [7, 11) is 0. The predicted octanol–water partition coefficient (Wildman–Crippen LogP) is 3.11. The highest BCUT2D eigenvalue weighted by molar-refractivity contribution is 7.98. The molecule has 0 aliphatic carbocycles. The van der Waals surface area contributed by atoms with Gasteiger partial charge >= 0.3 is 0 Å². The first-order chi connectivity index (χ1) is 11.9. The van der Waals surface area contributed by atoms with Crippen molar-refractivity contribution >= 4 is 35.2 Å². The third-order valence-electron chi connectivity index (χ3n) is 3.97. The topological polar surface area (TPSA) is 78.7 Å². The second kappa shape index (κ2) is 7.65. The highest BCUT2D eigenvalue weighted by Crippen LogP contribution is 2.23. The number of halogens is 1. The standard InChI is InChI=1S/C18H21N5OS.ClH/c1-5-9-22-16(24)14-11-20-17(25-4)21-15(14)23(22)13-8-6-7-12(10-13)18(2,3)19;/h5-8,10-11H,1,9,19H2,2-4H3;1H. The van der Waals surface area contributed by atoms with Gasteiger partial charge in [-0.3, -0.25) is 4.79 Å². The molecule has 6 nitrogen and oxygen atoms in total. The molecule has 0 unspecified atom stereocenters. The average molecular weight is 392 g/mol. The van der Waals surface area contributed by atoms with Gasteiger partial charge in [0.05, 0.1) is 12.2 Å². The van der Waals surface area contributed by atoms with E-state index in [1.807, 2.05) is 49.1 Å². The summed E-state index contributed by atoms with van der Waals surface area (Å²) >= 11 is 1.44. The molecule has 0 atom stereocenters. The molecule has 2 aromatic heterocycles. The van der Waals surface area contributed by atoms with Crippen LogP contribution in [0.5, 0.6) is 0 Å². The monoisotopic (exact) mass is 391 g/mol. The SMILES string of the molecule is C=CCn1c(=O)c2cnc(SC)nc2n1-c1cccc(C(C)(C)N)c1.Cl. The van der Waals surface area contributed by atoms with Crippen LogP contribution in [-0.2, 0) is 12.1 Å². The Labute approximate surface area is 162 Å². The summed E-state index contributed by atoms with van der Waals surface area (Å²) in [6.45, 7) is 8.03. The van der Waals surface area contributed by atoms with E-state index < -0.39 is 5.54 Å². The number of nitrogens with zero attached hydrogens (tertiary/aromatic N) is 4. The van der Waals surface area contributed by atoms with Crippen molar-refractivity contribution in [3.05, 3.63) is 59.0 Å². The Morgan fingerprint density at radius 3 is 2.73 bits per heavy atom. The van der Waals surface area contributed by atoms with E-state index in [1.54, 1.807) is 17.0 Å². The van der Waals surface area contributed by atoms with Crippen LogP contribution in [0.25, 0.3) is 16.7 Å². The van der Waals surface area contributed by atoms with Gasteiger partial charge in [-0.25, -0.2) is 19.3 Å². The van der Waals surface area contributed by atoms with Gasteiger partial charge in [0.1, 0.15) is 5.39 Å². The molecule has 3 rings (SSSR count). The number of rotatable bonds is 5. The van der Waals surface area contributed by atoms with Crippen LogP contribution in [0.3, 0.4) is 0 Å². The molecule has 0 aliphatic heterocycles. The van der Waals surface area contributed by atoms with E-state index in [1.165, 1.54) is 11.8 Å². The Morgan fingerprint density at radius 2 is 2.12 bits per heavy atom. The first-order valence-electron chi connectivity index (χ1n) is 7.90. The van der Waals surface area contributed by atoms with E-state index in [9.17, 15) is 4.79 Å². The Morgan fingerprint density at radius 1 is 1.38 bits per heavy atom. The lowest BCUT2D eigenvalue weighted by molar-refractivity contribution is 0.551. The molecule has 0 aliphatic rings. The normalized spacial score (nSPS) is 11.4. The second-order valence-electron chi connectivity index (χ2n) is 6.35. The highest BCUT2D eigenvalue weighted by atomic mass is 35.5. The van der Waals surface area contributed by atoms with Crippen molar-refractivity contribution < 1.29 is 0 Å². The lowest BCUT2D eigenvalue weighted by atomic mass is 9.95. The van der Waals surface area contributed by atoms with Gasteiger partial charge in [-0.1, -0.05) is 30.0 Å². The summed E-state index contributed by atoms with van der Waals surface area (Å²) in [5.74, 6) is 0. The molecule has 0 bridgehead atoms. The smallest absolute Gasteiger partial charge is 0.278 e. The minimum atomic E-state index is -0.484. The summed E-state index contributed by atoms with van der Waals surface area (Å²) in [6, 6.07) is 7.84. The van der Waals surface area contributed by atoms with Crippen LogP contribution < -0.4 is 11.3 Å². The third-order valence-corrected chi connectivity index (χ3v) is 4.53. The molecule has 0 amide bonds. The summed E-state index contributed by atoms with van der Waals surface area (Å²) in [5.41, 5.74) is 8.00. The Balaban J connectivity index is 0.00000243. The lowest BCUT2D eigenvalue weighted by Crippen LogP contribution is -2.29. The molecule has 0 saturated carbocycles. The van der Waals surface area contributed by atoms with Gasteiger partial charge in [-0.05, 0) is 37.8 Å². The van der Waals surface area contributed by atoms with E-state index >= 15 is 0 Å². The minimum absolute atomic E-state index is 0. The maximum absolute atomic E-state index is 12.8. The van der Waals surface area contributed by atoms with Gasteiger partial charge in [-0.2, -0.15) is 0 Å². The lowest BCUT2D eigenvalue weighted by Gasteiger charge is -2.20. The highest BCUT2D eigenvalue weighted by Gasteiger charge is 2.19. The van der Waals surface area contributed by atoms with Gasteiger partial charge in [-0.15, -0.1) is 19.0 Å². The van der Waals surface area contributed by atoms with Crippen molar-refractivity contribution in [1.29, 1.82) is 0 Å². The molecule has 138 valence electrons. The number of fused-ring (bicyclic) bond motifs is 1. The van der Waals surface area contributed by atoms with Crippen molar-refractivity contribution in [3.8, 4) is 5.69 Å². The quantitative estimate of drug-likeness (QED) is 0.410. The largest absolute Gasteiger partial charge is 0.322 e. The van der Waals surface area contributed by atoms with Crippen LogP contribution in [0.1, 0.15) is 19.4 Å². The fraction of sp³-hybridized carbons (Fsp3) is 0.278. The van der Waals surface area contributed by atoms with E-state index in [2.05, 4.69) is 16.5 Å². The van der Waals surface area contributed by atoms with Gasteiger partial charge in [0.25, 0.3) is 5.56 Å². The second-order valence-corrected chi connectivity index (χ2v) is 7.13. The Hall–Kier alpha value is -2.09. The molecule has 1 aromatic carbocycles. The van der Waals surface area contributed by atoms with Crippen LogP contribution >= 0.6 is 24.2 Å². The number of aromatic nitrogens is 4. The van der Waals surface area contributed by atoms with Crippen LogP contribution in [0.2, 0.25) is 0 Å². The fourth-order valence-electron chi connectivity index (χ4n) is 2.70. The Bertz CT molecular complexity index is 1000. The van der Waals surface area contributed by atoms with Crippen LogP contribution in [-0.4, -0.2) is 25.6 Å². The van der Waals surface area contributed by atoms with Gasteiger partial charge < -0.3 is 5.73 Å². The zero-order chi connectivity index (χ0) is 18.2. The first-order valence-corrected chi connectivity index (χ1v) is 9.12. The molecule has 0 saturated heterocycles. The minimum Gasteiger partial charge on any atom is -0.322 e. The van der Waals surface area contributed by atoms with E-state index in [-0.39, 0.29) is 18.0 Å². The zero-order valence-corrected chi connectivity index (χ0v) is 16.6. The molecular formula is C18H22ClN5OS. The third kappa shape index (κ3) is 3.56. The molecule has 0 fully saturated rings. The number of hydrogen-bond donors (Lipinski definition) is 1. The van der Waals surface area contributed by atoms with Gasteiger partial charge in [0.15, 0.2) is 10.8 Å². The maximum atomic E-state index is 12.8. The van der Waals surface area contributed by atoms with Gasteiger partial charge in [0.2, 0.25) is 0 Å². The summed E-state index contributed by atoms with van der Waals surface area (Å²) in [6.07, 6.45) is 5.18. The molecular weight excluding hydrogens is 370 g/mol. The van der Waals surface area contributed by atoms with Crippen molar-refractivity contribution in [3.63, 3.8) is 0 Å². The van der Waals surface area contributed by atoms with Crippen LogP contribution in [0, 0.1) is 0 Å². The molecule has 0 spiro atoms. The van der Waals surface area contributed by atoms with Crippen molar-refractivity contribution in [2.24, 2.45) is 5.73 Å². The van der Waals surface area contributed by atoms with Gasteiger partial charge in [0, 0.05) is 11.7 Å². The molecule has 2 heterocycles.